The summed E-state index contributed by atoms with van der Waals surface area (Å²) in [6, 6.07) is 9.44. The van der Waals surface area contributed by atoms with E-state index in [1.54, 1.807) is 34.5 Å². The van der Waals surface area contributed by atoms with Crippen LogP contribution in [0.3, 0.4) is 0 Å². The van der Waals surface area contributed by atoms with Crippen molar-refractivity contribution in [1.29, 1.82) is 0 Å². The molecule has 3 heterocycles. The van der Waals surface area contributed by atoms with Gasteiger partial charge in [-0.05, 0) is 29.8 Å². The van der Waals surface area contributed by atoms with Crippen molar-refractivity contribution in [3.8, 4) is 22.5 Å². The number of nitrogens with one attached hydrogen (secondary N) is 1. The number of methoxy groups -OCH3 is 1. The number of carbonyl (C=O) groups is 2. The first-order valence-electron chi connectivity index (χ1n) is 9.66. The van der Waals surface area contributed by atoms with Crippen molar-refractivity contribution >= 4 is 40.0 Å². The molecule has 0 unspecified atom stereocenters. The molecule has 3 aromatic heterocycles. The fraction of sp³-hybridized carbons (Fsp3) is 0.136. The molecule has 168 valence electrons. The zero-order chi connectivity index (χ0) is 23.4. The highest BCUT2D eigenvalue weighted by Gasteiger charge is 2.23. The van der Waals surface area contributed by atoms with E-state index in [9.17, 15) is 14.0 Å². The lowest BCUT2D eigenvalue weighted by atomic mass is 10.0. The van der Waals surface area contributed by atoms with E-state index in [2.05, 4.69) is 20.5 Å². The maximum atomic E-state index is 13.3. The predicted molar refractivity (Wildman–Crippen MR) is 125 cm³/mol. The fourth-order valence-corrected chi connectivity index (χ4v) is 4.76. The molecule has 0 atom stereocenters. The summed E-state index contributed by atoms with van der Waals surface area (Å²) >= 11 is 2.42. The molecule has 11 heteroatoms. The minimum Gasteiger partial charge on any atom is -0.465 e. The van der Waals surface area contributed by atoms with E-state index >= 15 is 0 Å². The van der Waals surface area contributed by atoms with Crippen molar-refractivity contribution in [3.05, 3.63) is 65.6 Å². The molecule has 0 saturated carbocycles. The third-order valence-corrected chi connectivity index (χ3v) is 6.59. The van der Waals surface area contributed by atoms with Crippen LogP contribution in [-0.2, 0) is 16.6 Å². The number of benzene rings is 1. The lowest BCUT2D eigenvalue weighted by Gasteiger charge is -2.08. The van der Waals surface area contributed by atoms with E-state index in [1.807, 2.05) is 19.2 Å². The van der Waals surface area contributed by atoms with Crippen molar-refractivity contribution in [3.63, 3.8) is 0 Å². The van der Waals surface area contributed by atoms with Gasteiger partial charge in [0.2, 0.25) is 5.91 Å². The Morgan fingerprint density at radius 1 is 1.18 bits per heavy atom. The maximum absolute atomic E-state index is 13.3. The van der Waals surface area contributed by atoms with Crippen LogP contribution in [0.5, 0.6) is 0 Å². The van der Waals surface area contributed by atoms with E-state index in [4.69, 9.17) is 4.74 Å². The summed E-state index contributed by atoms with van der Waals surface area (Å²) in [6.07, 6.45) is 3.36. The molecule has 0 bridgehead atoms. The molecule has 0 spiro atoms. The molecule has 0 aliphatic heterocycles. The number of pyridine rings is 1. The second kappa shape index (κ2) is 9.92. The van der Waals surface area contributed by atoms with Gasteiger partial charge in [0.05, 0.1) is 12.9 Å². The molecular weight excluding hydrogens is 465 g/mol. The first-order valence-corrected chi connectivity index (χ1v) is 11.5. The van der Waals surface area contributed by atoms with Gasteiger partial charge in [-0.15, -0.1) is 21.5 Å². The fourth-order valence-electron chi connectivity index (χ4n) is 3.08. The summed E-state index contributed by atoms with van der Waals surface area (Å²) in [5, 5.41) is 13.7. The van der Waals surface area contributed by atoms with Gasteiger partial charge in [0, 0.05) is 35.9 Å². The van der Waals surface area contributed by atoms with E-state index < -0.39 is 5.97 Å². The van der Waals surface area contributed by atoms with E-state index in [1.165, 1.54) is 42.3 Å². The van der Waals surface area contributed by atoms with Crippen LogP contribution in [0.1, 0.15) is 10.4 Å². The summed E-state index contributed by atoms with van der Waals surface area (Å²) in [7, 11) is 3.08. The van der Waals surface area contributed by atoms with Crippen LogP contribution in [0, 0.1) is 5.82 Å². The molecule has 1 N–H and O–H groups in total. The van der Waals surface area contributed by atoms with Gasteiger partial charge >= 0.3 is 5.97 Å². The standard InChI is InChI=1S/C22H18FN5O3S2/c1-28-19(14-4-3-9-24-10-14)26-27-22(28)33-12-17(29)25-20-18(21(30)31-2)16(11-32-20)13-5-7-15(23)8-6-13/h3-11H,12H2,1-2H3,(H,25,29). The van der Waals surface area contributed by atoms with Crippen molar-refractivity contribution in [2.24, 2.45) is 7.05 Å². The number of aromatic nitrogens is 4. The van der Waals surface area contributed by atoms with Crippen LogP contribution in [0.2, 0.25) is 0 Å². The van der Waals surface area contributed by atoms with Crippen LogP contribution in [-0.4, -0.2) is 44.5 Å². The first kappa shape index (κ1) is 22.6. The normalized spacial score (nSPS) is 10.8. The molecule has 4 rings (SSSR count). The quantitative estimate of drug-likeness (QED) is 0.310. The molecular formula is C22H18FN5O3S2. The topological polar surface area (TPSA) is 99.0 Å². The largest absolute Gasteiger partial charge is 0.465 e. The van der Waals surface area contributed by atoms with Crippen molar-refractivity contribution in [1.82, 2.24) is 19.7 Å². The van der Waals surface area contributed by atoms with Gasteiger partial charge in [0.15, 0.2) is 11.0 Å². The monoisotopic (exact) mass is 483 g/mol. The average molecular weight is 484 g/mol. The van der Waals surface area contributed by atoms with Gasteiger partial charge in [0.1, 0.15) is 16.4 Å². The Kier molecular flexibility index (Phi) is 6.80. The van der Waals surface area contributed by atoms with Crippen molar-refractivity contribution in [2.45, 2.75) is 5.16 Å². The lowest BCUT2D eigenvalue weighted by molar-refractivity contribution is -0.113. The zero-order valence-electron chi connectivity index (χ0n) is 17.6. The smallest absolute Gasteiger partial charge is 0.341 e. The number of halogens is 1. The SMILES string of the molecule is COC(=O)c1c(-c2ccc(F)cc2)csc1NC(=O)CSc1nnc(-c2cccnc2)n1C. The molecule has 1 amide bonds. The van der Waals surface area contributed by atoms with Gasteiger partial charge < -0.3 is 14.6 Å². The predicted octanol–water partition coefficient (Wildman–Crippen LogP) is 4.26. The van der Waals surface area contributed by atoms with E-state index in [-0.39, 0.29) is 23.0 Å². The number of esters is 1. The summed E-state index contributed by atoms with van der Waals surface area (Å²) in [5.41, 5.74) is 2.25. The van der Waals surface area contributed by atoms with Crippen molar-refractivity contribution in [2.75, 3.05) is 18.2 Å². The summed E-state index contributed by atoms with van der Waals surface area (Å²) < 4.78 is 20.0. The van der Waals surface area contributed by atoms with Crippen LogP contribution < -0.4 is 5.32 Å². The number of thioether (sulfide) groups is 1. The van der Waals surface area contributed by atoms with Crippen LogP contribution >= 0.6 is 23.1 Å². The van der Waals surface area contributed by atoms with Crippen LogP contribution in [0.15, 0.2) is 59.3 Å². The van der Waals surface area contributed by atoms with Crippen molar-refractivity contribution < 1.29 is 18.7 Å². The number of thiophene rings is 1. The first-order chi connectivity index (χ1) is 16.0. The highest BCUT2D eigenvalue weighted by atomic mass is 32.2. The third kappa shape index (κ3) is 4.94. The van der Waals surface area contributed by atoms with E-state index in [0.717, 1.165) is 5.56 Å². The maximum Gasteiger partial charge on any atom is 0.341 e. The minimum absolute atomic E-state index is 0.0589. The summed E-state index contributed by atoms with van der Waals surface area (Å²) in [5.74, 6) is -0.587. The van der Waals surface area contributed by atoms with Gasteiger partial charge in [-0.25, -0.2) is 9.18 Å². The number of amides is 1. The third-order valence-electron chi connectivity index (χ3n) is 4.68. The Morgan fingerprint density at radius 3 is 2.67 bits per heavy atom. The van der Waals surface area contributed by atoms with Gasteiger partial charge in [-0.2, -0.15) is 0 Å². The molecule has 1 aromatic carbocycles. The summed E-state index contributed by atoms with van der Waals surface area (Å²) in [6.45, 7) is 0. The summed E-state index contributed by atoms with van der Waals surface area (Å²) in [4.78, 5) is 29.1. The zero-order valence-corrected chi connectivity index (χ0v) is 19.2. The highest BCUT2D eigenvalue weighted by Crippen LogP contribution is 2.36. The molecule has 0 aliphatic carbocycles. The Labute approximate surface area is 196 Å². The van der Waals surface area contributed by atoms with Gasteiger partial charge in [0.25, 0.3) is 0 Å². The molecule has 4 aromatic rings. The number of hydrogen-bond donors (Lipinski definition) is 1. The molecule has 0 aliphatic rings. The van der Waals surface area contributed by atoms with Crippen LogP contribution in [0.4, 0.5) is 9.39 Å². The second-order valence-corrected chi connectivity index (χ2v) is 8.62. The molecule has 0 saturated heterocycles. The average Bonchev–Trinajstić information content (AvgIpc) is 3.41. The second-order valence-electron chi connectivity index (χ2n) is 6.80. The highest BCUT2D eigenvalue weighted by molar-refractivity contribution is 7.99. The molecule has 0 radical (unpaired) electrons. The number of anilines is 1. The number of ether oxygens (including phenoxy) is 1. The Bertz CT molecular complexity index is 1290. The number of rotatable bonds is 7. The number of hydrogen-bond acceptors (Lipinski definition) is 8. The minimum atomic E-state index is -0.590. The van der Waals surface area contributed by atoms with E-state index in [0.29, 0.717) is 27.1 Å². The molecule has 0 fully saturated rings. The Hall–Kier alpha value is -3.57. The Balaban J connectivity index is 1.48. The molecule has 8 nitrogen and oxygen atoms in total. The number of carbonyl (C=O) groups excluding carboxylic acids is 2. The lowest BCUT2D eigenvalue weighted by Crippen LogP contribution is -2.16. The van der Waals surface area contributed by atoms with Crippen LogP contribution in [0.25, 0.3) is 22.5 Å². The van der Waals surface area contributed by atoms with Gasteiger partial charge in [-0.3, -0.25) is 9.78 Å². The molecule has 33 heavy (non-hydrogen) atoms. The van der Waals surface area contributed by atoms with Gasteiger partial charge in [-0.1, -0.05) is 23.9 Å². The number of nitrogens with zero attached hydrogens (tertiary/aromatic N) is 4. The Morgan fingerprint density at radius 2 is 1.97 bits per heavy atom.